The second-order valence-corrected chi connectivity index (χ2v) is 5.81. The highest BCUT2D eigenvalue weighted by molar-refractivity contribution is 6.00. The molecule has 1 heterocycles. The fourth-order valence-electron chi connectivity index (χ4n) is 3.23. The number of allylic oxidation sites excluding steroid dienone is 1. The lowest BCUT2D eigenvalue weighted by atomic mass is 9.88. The normalized spacial score (nSPS) is 15.0. The van der Waals surface area contributed by atoms with Crippen LogP contribution < -0.4 is 4.74 Å². The topological polar surface area (TPSA) is 9.23 Å². The Morgan fingerprint density at radius 2 is 1.39 bits per heavy atom. The summed E-state index contributed by atoms with van der Waals surface area (Å²) in [5, 5.41) is 0. The van der Waals surface area contributed by atoms with Crippen molar-refractivity contribution in [1.29, 1.82) is 0 Å². The SMILES string of the molecule is C/C(=C1/c2ccccc2COc2ccccc21)c1ccccc1. The Kier molecular flexibility index (Phi) is 3.47. The minimum absolute atomic E-state index is 0.610. The summed E-state index contributed by atoms with van der Waals surface area (Å²) in [5.41, 5.74) is 7.44. The summed E-state index contributed by atoms with van der Waals surface area (Å²) >= 11 is 0. The number of hydrogen-bond donors (Lipinski definition) is 0. The molecule has 0 atom stereocenters. The summed E-state index contributed by atoms with van der Waals surface area (Å²) in [5.74, 6) is 0.953. The average molecular weight is 298 g/mol. The Bertz CT molecular complexity index is 826. The van der Waals surface area contributed by atoms with Gasteiger partial charge in [-0.3, -0.25) is 0 Å². The molecule has 0 aliphatic carbocycles. The van der Waals surface area contributed by atoms with Crippen LogP contribution in [0, 0.1) is 0 Å². The van der Waals surface area contributed by atoms with E-state index in [9.17, 15) is 0 Å². The summed E-state index contributed by atoms with van der Waals surface area (Å²) in [4.78, 5) is 0. The first-order valence-electron chi connectivity index (χ1n) is 7.91. The Morgan fingerprint density at radius 1 is 0.739 bits per heavy atom. The van der Waals surface area contributed by atoms with Crippen molar-refractivity contribution in [1.82, 2.24) is 0 Å². The van der Waals surface area contributed by atoms with Crippen molar-refractivity contribution < 1.29 is 4.74 Å². The van der Waals surface area contributed by atoms with Gasteiger partial charge in [-0.05, 0) is 40.8 Å². The molecule has 1 heteroatoms. The molecule has 4 rings (SSSR count). The van der Waals surface area contributed by atoms with Crippen molar-refractivity contribution >= 4 is 11.1 Å². The van der Waals surface area contributed by atoms with Crippen LogP contribution in [0.2, 0.25) is 0 Å². The van der Waals surface area contributed by atoms with Gasteiger partial charge in [0.25, 0.3) is 0 Å². The third-order valence-corrected chi connectivity index (χ3v) is 4.41. The van der Waals surface area contributed by atoms with Crippen LogP contribution in [0.5, 0.6) is 5.75 Å². The minimum Gasteiger partial charge on any atom is -0.488 e. The number of benzene rings is 3. The molecule has 0 radical (unpaired) electrons. The monoisotopic (exact) mass is 298 g/mol. The highest BCUT2D eigenvalue weighted by atomic mass is 16.5. The number of para-hydroxylation sites is 1. The van der Waals surface area contributed by atoms with E-state index in [1.165, 1.54) is 33.4 Å². The van der Waals surface area contributed by atoms with Gasteiger partial charge in [0, 0.05) is 5.56 Å². The van der Waals surface area contributed by atoms with E-state index in [0.29, 0.717) is 6.61 Å². The molecule has 0 N–H and O–H groups in total. The zero-order chi connectivity index (χ0) is 15.6. The van der Waals surface area contributed by atoms with Crippen LogP contribution in [-0.2, 0) is 6.61 Å². The van der Waals surface area contributed by atoms with Crippen LogP contribution in [-0.4, -0.2) is 0 Å². The predicted molar refractivity (Wildman–Crippen MR) is 95.2 cm³/mol. The maximum Gasteiger partial charge on any atom is 0.127 e. The molecule has 1 nitrogen and oxygen atoms in total. The van der Waals surface area contributed by atoms with Crippen LogP contribution in [0.25, 0.3) is 11.1 Å². The molecule has 1 aliphatic rings. The third kappa shape index (κ3) is 2.44. The fraction of sp³-hybridized carbons (Fsp3) is 0.0909. The lowest BCUT2D eigenvalue weighted by molar-refractivity contribution is 0.307. The van der Waals surface area contributed by atoms with Gasteiger partial charge in [-0.25, -0.2) is 0 Å². The van der Waals surface area contributed by atoms with E-state index in [1.54, 1.807) is 0 Å². The maximum atomic E-state index is 6.06. The number of rotatable bonds is 1. The molecular formula is C22H18O. The highest BCUT2D eigenvalue weighted by Gasteiger charge is 2.20. The van der Waals surface area contributed by atoms with Crippen molar-refractivity contribution in [3.63, 3.8) is 0 Å². The molecule has 0 fully saturated rings. The van der Waals surface area contributed by atoms with E-state index in [2.05, 4.69) is 79.7 Å². The largest absolute Gasteiger partial charge is 0.488 e. The molecule has 0 amide bonds. The summed E-state index contributed by atoms with van der Waals surface area (Å²) in [6.45, 7) is 2.81. The van der Waals surface area contributed by atoms with Crippen molar-refractivity contribution in [3.05, 3.63) is 101 Å². The van der Waals surface area contributed by atoms with Gasteiger partial charge < -0.3 is 4.74 Å². The van der Waals surface area contributed by atoms with Gasteiger partial charge in [0.1, 0.15) is 12.4 Å². The lowest BCUT2D eigenvalue weighted by Crippen LogP contribution is -1.95. The van der Waals surface area contributed by atoms with Crippen molar-refractivity contribution in [2.24, 2.45) is 0 Å². The molecule has 0 saturated heterocycles. The standard InChI is InChI=1S/C22H18O/c1-16(17-9-3-2-4-10-17)22-19-12-6-5-11-18(19)15-23-21-14-8-7-13-20(21)22/h2-14H,15H2,1H3/b22-16+. The van der Waals surface area contributed by atoms with E-state index < -0.39 is 0 Å². The van der Waals surface area contributed by atoms with E-state index in [4.69, 9.17) is 4.74 Å². The van der Waals surface area contributed by atoms with Crippen molar-refractivity contribution in [3.8, 4) is 5.75 Å². The van der Waals surface area contributed by atoms with Gasteiger partial charge in [-0.1, -0.05) is 72.8 Å². The third-order valence-electron chi connectivity index (χ3n) is 4.41. The fourth-order valence-corrected chi connectivity index (χ4v) is 3.23. The Morgan fingerprint density at radius 3 is 2.22 bits per heavy atom. The number of hydrogen-bond acceptors (Lipinski definition) is 1. The van der Waals surface area contributed by atoms with Gasteiger partial charge in [0.2, 0.25) is 0 Å². The molecule has 0 saturated carbocycles. The van der Waals surface area contributed by atoms with E-state index in [0.717, 1.165) is 5.75 Å². The molecule has 0 spiro atoms. The van der Waals surface area contributed by atoms with Crippen LogP contribution in [0.4, 0.5) is 0 Å². The van der Waals surface area contributed by atoms with Crippen LogP contribution in [0.3, 0.4) is 0 Å². The van der Waals surface area contributed by atoms with E-state index in [-0.39, 0.29) is 0 Å². The predicted octanol–water partition coefficient (Wildman–Crippen LogP) is 5.56. The average Bonchev–Trinajstić information content (AvgIpc) is 2.79. The van der Waals surface area contributed by atoms with Gasteiger partial charge in [-0.2, -0.15) is 0 Å². The molecule has 23 heavy (non-hydrogen) atoms. The Labute approximate surface area is 136 Å². The molecule has 0 aromatic heterocycles. The van der Waals surface area contributed by atoms with Crippen LogP contribution in [0.1, 0.15) is 29.2 Å². The summed E-state index contributed by atoms with van der Waals surface area (Å²) in [6, 6.07) is 27.4. The highest BCUT2D eigenvalue weighted by Crippen LogP contribution is 2.40. The molecule has 1 aliphatic heterocycles. The van der Waals surface area contributed by atoms with Gasteiger partial charge in [0.05, 0.1) is 0 Å². The zero-order valence-electron chi connectivity index (χ0n) is 13.1. The molecule has 112 valence electrons. The molecular weight excluding hydrogens is 280 g/mol. The first-order chi connectivity index (χ1) is 11.3. The van der Waals surface area contributed by atoms with Gasteiger partial charge in [0.15, 0.2) is 0 Å². The van der Waals surface area contributed by atoms with Gasteiger partial charge >= 0.3 is 0 Å². The quantitative estimate of drug-likeness (QED) is 0.571. The first-order valence-corrected chi connectivity index (χ1v) is 7.91. The molecule has 3 aromatic carbocycles. The van der Waals surface area contributed by atoms with Crippen LogP contribution in [0.15, 0.2) is 78.9 Å². The smallest absolute Gasteiger partial charge is 0.127 e. The van der Waals surface area contributed by atoms with E-state index in [1.807, 2.05) is 6.07 Å². The van der Waals surface area contributed by atoms with Gasteiger partial charge in [-0.15, -0.1) is 0 Å². The van der Waals surface area contributed by atoms with Crippen molar-refractivity contribution in [2.75, 3.05) is 0 Å². The van der Waals surface area contributed by atoms with Crippen molar-refractivity contribution in [2.45, 2.75) is 13.5 Å². The second-order valence-electron chi connectivity index (χ2n) is 5.81. The minimum atomic E-state index is 0.610. The summed E-state index contributed by atoms with van der Waals surface area (Å²) in [7, 11) is 0. The number of fused-ring (bicyclic) bond motifs is 2. The molecule has 3 aromatic rings. The summed E-state index contributed by atoms with van der Waals surface area (Å²) in [6.07, 6.45) is 0. The lowest BCUT2D eigenvalue weighted by Gasteiger charge is -2.15. The maximum absolute atomic E-state index is 6.06. The zero-order valence-corrected chi connectivity index (χ0v) is 13.1. The molecule has 0 unspecified atom stereocenters. The Balaban J connectivity index is 2.05. The van der Waals surface area contributed by atoms with E-state index >= 15 is 0 Å². The number of ether oxygens (including phenoxy) is 1. The Hall–Kier alpha value is -2.80. The summed E-state index contributed by atoms with van der Waals surface area (Å²) < 4.78 is 6.06. The first kappa shape index (κ1) is 13.8. The van der Waals surface area contributed by atoms with Crippen LogP contribution >= 0.6 is 0 Å². The second kappa shape index (κ2) is 5.77. The molecule has 0 bridgehead atoms.